The summed E-state index contributed by atoms with van der Waals surface area (Å²) in [6.07, 6.45) is 0.112. The van der Waals surface area contributed by atoms with E-state index in [1.807, 2.05) is 19.9 Å². The highest BCUT2D eigenvalue weighted by Crippen LogP contribution is 2.33. The van der Waals surface area contributed by atoms with E-state index in [1.165, 1.54) is 0 Å². The first-order chi connectivity index (χ1) is 8.41. The highest BCUT2D eigenvalue weighted by atomic mass is 16.4. The van der Waals surface area contributed by atoms with Crippen molar-refractivity contribution in [3.05, 3.63) is 29.0 Å². The zero-order valence-electron chi connectivity index (χ0n) is 10.3. The third-order valence-corrected chi connectivity index (χ3v) is 3.28. The second kappa shape index (κ2) is 4.34. The molecule has 1 heterocycles. The Hall–Kier alpha value is -2.01. The van der Waals surface area contributed by atoms with Crippen molar-refractivity contribution in [2.45, 2.75) is 26.3 Å². The van der Waals surface area contributed by atoms with Crippen LogP contribution in [0.2, 0.25) is 0 Å². The van der Waals surface area contributed by atoms with Crippen LogP contribution in [0.1, 0.15) is 16.8 Å². The predicted octanol–water partition coefficient (Wildman–Crippen LogP) is 1.44. The van der Waals surface area contributed by atoms with Crippen molar-refractivity contribution in [1.29, 1.82) is 0 Å². The number of phenolic OH excluding ortho intramolecular Hbond substituents is 1. The van der Waals surface area contributed by atoms with E-state index in [9.17, 15) is 9.90 Å². The van der Waals surface area contributed by atoms with Crippen LogP contribution < -0.4 is 5.73 Å². The normalized spacial score (nSPS) is 12.8. The largest absolute Gasteiger partial charge is 0.507 e. The molecule has 1 atom stereocenters. The molecule has 2 rings (SSSR count). The first-order valence-electron chi connectivity index (χ1n) is 5.70. The van der Waals surface area contributed by atoms with Crippen LogP contribution >= 0.6 is 0 Å². The lowest BCUT2D eigenvalue weighted by molar-refractivity contribution is -0.138. The quantitative estimate of drug-likeness (QED) is 0.660. The molecule has 18 heavy (non-hydrogen) atoms. The summed E-state index contributed by atoms with van der Waals surface area (Å²) >= 11 is 0. The molecule has 5 nitrogen and oxygen atoms in total. The van der Waals surface area contributed by atoms with Gasteiger partial charge in [0.05, 0.1) is 0 Å². The molecule has 96 valence electrons. The van der Waals surface area contributed by atoms with E-state index in [0.29, 0.717) is 5.56 Å². The van der Waals surface area contributed by atoms with Crippen LogP contribution in [0, 0.1) is 13.8 Å². The number of phenols is 1. The van der Waals surface area contributed by atoms with E-state index in [4.69, 9.17) is 10.8 Å². The Morgan fingerprint density at radius 2 is 2.11 bits per heavy atom. The number of H-pyrrole nitrogens is 1. The van der Waals surface area contributed by atoms with Crippen LogP contribution in [0.4, 0.5) is 0 Å². The number of carboxylic acid groups (broad SMARTS) is 1. The highest BCUT2D eigenvalue weighted by molar-refractivity contribution is 5.91. The van der Waals surface area contributed by atoms with Gasteiger partial charge in [-0.05, 0) is 31.0 Å². The minimum Gasteiger partial charge on any atom is -0.507 e. The Kier molecular flexibility index (Phi) is 3.00. The first kappa shape index (κ1) is 12.4. The Bertz CT molecular complexity index is 616. The van der Waals surface area contributed by atoms with E-state index in [1.54, 1.807) is 6.07 Å². The van der Waals surface area contributed by atoms with Crippen LogP contribution in [0.15, 0.2) is 12.1 Å². The summed E-state index contributed by atoms with van der Waals surface area (Å²) in [5, 5.41) is 19.7. The lowest BCUT2D eigenvalue weighted by Gasteiger charge is -2.09. The first-order valence-corrected chi connectivity index (χ1v) is 5.70. The molecule has 0 aliphatic rings. The SMILES string of the molecule is Cc1[nH]c2ccc(CC(N)C(=O)O)c(O)c2c1C. The molecule has 0 amide bonds. The zero-order valence-corrected chi connectivity index (χ0v) is 10.3. The van der Waals surface area contributed by atoms with Crippen LogP contribution in [0.25, 0.3) is 10.9 Å². The fourth-order valence-corrected chi connectivity index (χ4v) is 2.09. The maximum atomic E-state index is 10.7. The van der Waals surface area contributed by atoms with Gasteiger partial charge in [0.15, 0.2) is 0 Å². The van der Waals surface area contributed by atoms with Crippen molar-refractivity contribution in [2.24, 2.45) is 5.73 Å². The van der Waals surface area contributed by atoms with Crippen molar-refractivity contribution in [3.8, 4) is 5.75 Å². The summed E-state index contributed by atoms with van der Waals surface area (Å²) in [6, 6.07) is 2.53. The number of aromatic amines is 1. The predicted molar refractivity (Wildman–Crippen MR) is 68.8 cm³/mol. The average molecular weight is 248 g/mol. The number of carboxylic acids is 1. The van der Waals surface area contributed by atoms with Gasteiger partial charge in [0.25, 0.3) is 0 Å². The smallest absolute Gasteiger partial charge is 0.320 e. The summed E-state index contributed by atoms with van der Waals surface area (Å²) in [4.78, 5) is 13.9. The summed E-state index contributed by atoms with van der Waals surface area (Å²) < 4.78 is 0. The molecule has 1 aromatic heterocycles. The number of hydrogen-bond acceptors (Lipinski definition) is 3. The fourth-order valence-electron chi connectivity index (χ4n) is 2.09. The van der Waals surface area contributed by atoms with E-state index in [0.717, 1.165) is 22.2 Å². The summed E-state index contributed by atoms with van der Waals surface area (Å²) in [5.74, 6) is -0.956. The molecule has 2 aromatic rings. The number of carbonyl (C=O) groups is 1. The molecule has 1 aromatic carbocycles. The molecular weight excluding hydrogens is 232 g/mol. The minimum atomic E-state index is -1.07. The zero-order chi connectivity index (χ0) is 13.4. The molecule has 0 fully saturated rings. The van der Waals surface area contributed by atoms with Gasteiger partial charge in [-0.3, -0.25) is 4.79 Å². The van der Waals surface area contributed by atoms with Crippen molar-refractivity contribution < 1.29 is 15.0 Å². The summed E-state index contributed by atoms with van der Waals surface area (Å²) in [7, 11) is 0. The van der Waals surface area contributed by atoms with Gasteiger partial charge in [0.2, 0.25) is 0 Å². The standard InChI is InChI=1S/C13H16N2O3/c1-6-7(2)15-10-4-3-8(12(16)11(6)10)5-9(14)13(17)18/h3-4,9,15-16H,5,14H2,1-2H3,(H,17,18). The lowest BCUT2D eigenvalue weighted by atomic mass is 10.0. The van der Waals surface area contributed by atoms with Gasteiger partial charge < -0.3 is 20.9 Å². The number of rotatable bonds is 3. The van der Waals surface area contributed by atoms with E-state index in [-0.39, 0.29) is 12.2 Å². The van der Waals surface area contributed by atoms with E-state index >= 15 is 0 Å². The number of benzene rings is 1. The topological polar surface area (TPSA) is 99.3 Å². The van der Waals surface area contributed by atoms with E-state index < -0.39 is 12.0 Å². The number of nitrogens with two attached hydrogens (primary N) is 1. The van der Waals surface area contributed by atoms with E-state index in [2.05, 4.69) is 4.98 Å². The van der Waals surface area contributed by atoms with Gasteiger partial charge >= 0.3 is 5.97 Å². The highest BCUT2D eigenvalue weighted by Gasteiger charge is 2.17. The second-order valence-corrected chi connectivity index (χ2v) is 4.52. The molecule has 5 heteroatoms. The second-order valence-electron chi connectivity index (χ2n) is 4.52. The molecule has 5 N–H and O–H groups in total. The van der Waals surface area contributed by atoms with Crippen LogP contribution in [-0.4, -0.2) is 27.2 Å². The monoisotopic (exact) mass is 248 g/mol. The van der Waals surface area contributed by atoms with Crippen molar-refractivity contribution in [1.82, 2.24) is 4.98 Å². The Labute approximate surface area is 104 Å². The Morgan fingerprint density at radius 3 is 2.72 bits per heavy atom. The number of fused-ring (bicyclic) bond motifs is 1. The minimum absolute atomic E-state index is 0.112. The summed E-state index contributed by atoms with van der Waals surface area (Å²) in [6.45, 7) is 3.84. The molecule has 0 aliphatic heterocycles. The van der Waals surface area contributed by atoms with Crippen LogP contribution in [0.3, 0.4) is 0 Å². The molecule has 0 saturated carbocycles. The van der Waals surface area contributed by atoms with Crippen LogP contribution in [0.5, 0.6) is 5.75 Å². The van der Waals surface area contributed by atoms with Gasteiger partial charge in [0.1, 0.15) is 11.8 Å². The molecule has 0 spiro atoms. The number of nitrogens with one attached hydrogen (secondary N) is 1. The third-order valence-electron chi connectivity index (χ3n) is 3.28. The number of hydrogen-bond donors (Lipinski definition) is 4. The summed E-state index contributed by atoms with van der Waals surface area (Å²) in [5.41, 5.74) is 8.84. The molecule has 0 saturated heterocycles. The van der Waals surface area contributed by atoms with Crippen molar-refractivity contribution >= 4 is 16.9 Å². The Balaban J connectivity index is 2.50. The van der Waals surface area contributed by atoms with Gasteiger partial charge in [-0.15, -0.1) is 0 Å². The fraction of sp³-hybridized carbons (Fsp3) is 0.308. The molecule has 0 bridgehead atoms. The van der Waals surface area contributed by atoms with Crippen molar-refractivity contribution in [2.75, 3.05) is 0 Å². The molecular formula is C13H16N2O3. The lowest BCUT2D eigenvalue weighted by Crippen LogP contribution is -2.32. The number of aliphatic carboxylic acids is 1. The maximum absolute atomic E-state index is 10.7. The molecule has 0 radical (unpaired) electrons. The van der Waals surface area contributed by atoms with Gasteiger partial charge in [-0.25, -0.2) is 0 Å². The number of aryl methyl sites for hydroxylation is 2. The van der Waals surface area contributed by atoms with Crippen molar-refractivity contribution in [3.63, 3.8) is 0 Å². The average Bonchev–Trinajstić information content (AvgIpc) is 2.59. The number of aromatic hydroxyl groups is 1. The third kappa shape index (κ3) is 1.93. The maximum Gasteiger partial charge on any atom is 0.320 e. The number of aromatic nitrogens is 1. The van der Waals surface area contributed by atoms with Gasteiger partial charge in [0, 0.05) is 23.0 Å². The Morgan fingerprint density at radius 1 is 1.44 bits per heavy atom. The van der Waals surface area contributed by atoms with Crippen LogP contribution in [-0.2, 0) is 11.2 Å². The molecule has 1 unspecified atom stereocenters. The van der Waals surface area contributed by atoms with Gasteiger partial charge in [-0.2, -0.15) is 0 Å². The van der Waals surface area contributed by atoms with Gasteiger partial charge in [-0.1, -0.05) is 6.07 Å². The molecule has 0 aliphatic carbocycles.